The van der Waals surface area contributed by atoms with E-state index in [1.54, 1.807) is 12.2 Å². The molecule has 0 nitrogen and oxygen atoms in total. The van der Waals surface area contributed by atoms with E-state index in [9.17, 15) is 0 Å². The Morgan fingerprint density at radius 2 is 2.00 bits per heavy atom. The SMILES string of the molecule is C=Cc1[c]cc(C=C)cc1. The van der Waals surface area contributed by atoms with E-state index in [1.807, 2.05) is 18.2 Å². The van der Waals surface area contributed by atoms with Gasteiger partial charge in [-0.1, -0.05) is 37.4 Å². The summed E-state index contributed by atoms with van der Waals surface area (Å²) in [6.07, 6.45) is 3.57. The van der Waals surface area contributed by atoms with Crippen LogP contribution in [0.1, 0.15) is 11.1 Å². The van der Waals surface area contributed by atoms with Gasteiger partial charge in [0.25, 0.3) is 0 Å². The van der Waals surface area contributed by atoms with Crippen LogP contribution in [0.3, 0.4) is 0 Å². The van der Waals surface area contributed by atoms with Crippen LogP contribution >= 0.6 is 0 Å². The summed E-state index contributed by atoms with van der Waals surface area (Å²) in [5, 5.41) is 0. The zero-order valence-electron chi connectivity index (χ0n) is 5.80. The fraction of sp³-hybridized carbons (Fsp3) is 0. The van der Waals surface area contributed by atoms with Gasteiger partial charge in [0.15, 0.2) is 0 Å². The Morgan fingerprint density at radius 1 is 1.20 bits per heavy atom. The molecule has 49 valence electrons. The molecule has 0 unspecified atom stereocenters. The lowest BCUT2D eigenvalue weighted by molar-refractivity contribution is 1.61. The van der Waals surface area contributed by atoms with Crippen molar-refractivity contribution in [3.63, 3.8) is 0 Å². The summed E-state index contributed by atoms with van der Waals surface area (Å²) in [5.74, 6) is 0. The molecule has 0 fully saturated rings. The molecular weight excluding hydrogens is 120 g/mol. The highest BCUT2D eigenvalue weighted by atomic mass is 13.9. The molecule has 10 heavy (non-hydrogen) atoms. The molecule has 0 spiro atoms. The maximum atomic E-state index is 3.64. The van der Waals surface area contributed by atoms with Crippen LogP contribution in [0.4, 0.5) is 0 Å². The van der Waals surface area contributed by atoms with Gasteiger partial charge < -0.3 is 0 Å². The summed E-state index contributed by atoms with van der Waals surface area (Å²) in [7, 11) is 0. The second-order valence-corrected chi connectivity index (χ2v) is 1.99. The molecule has 0 saturated carbocycles. The zero-order chi connectivity index (χ0) is 7.40. The molecule has 0 aliphatic carbocycles. The molecule has 0 heteroatoms. The summed E-state index contributed by atoms with van der Waals surface area (Å²) in [4.78, 5) is 0. The van der Waals surface area contributed by atoms with Crippen molar-refractivity contribution in [3.05, 3.63) is 48.6 Å². The molecule has 0 saturated heterocycles. The Hall–Kier alpha value is -1.30. The first-order valence-electron chi connectivity index (χ1n) is 3.13. The molecule has 1 radical (unpaired) electrons. The highest BCUT2D eigenvalue weighted by Gasteiger charge is 1.85. The van der Waals surface area contributed by atoms with E-state index in [0.29, 0.717) is 0 Å². The molecule has 1 aromatic carbocycles. The first kappa shape index (κ1) is 6.81. The lowest BCUT2D eigenvalue weighted by Crippen LogP contribution is -1.72. The Kier molecular flexibility index (Phi) is 2.06. The van der Waals surface area contributed by atoms with Crippen LogP contribution in [-0.2, 0) is 0 Å². The lowest BCUT2D eigenvalue weighted by Gasteiger charge is -1.91. The summed E-state index contributed by atoms with van der Waals surface area (Å²) < 4.78 is 0. The highest BCUT2D eigenvalue weighted by Crippen LogP contribution is 2.04. The van der Waals surface area contributed by atoms with Gasteiger partial charge >= 0.3 is 0 Å². The van der Waals surface area contributed by atoms with Crippen molar-refractivity contribution in [2.75, 3.05) is 0 Å². The Bertz CT molecular complexity index is 202. The Balaban J connectivity index is 3.00. The third-order valence-corrected chi connectivity index (χ3v) is 1.32. The summed E-state index contributed by atoms with van der Waals surface area (Å²) >= 11 is 0. The minimum absolute atomic E-state index is 1.02. The molecule has 0 amide bonds. The van der Waals surface area contributed by atoms with Crippen molar-refractivity contribution in [3.8, 4) is 0 Å². The van der Waals surface area contributed by atoms with Crippen molar-refractivity contribution in [1.29, 1.82) is 0 Å². The summed E-state index contributed by atoms with van der Waals surface area (Å²) in [5.41, 5.74) is 2.11. The van der Waals surface area contributed by atoms with Crippen molar-refractivity contribution in [2.24, 2.45) is 0 Å². The van der Waals surface area contributed by atoms with Gasteiger partial charge in [0.05, 0.1) is 0 Å². The molecular formula is C10H9. The Morgan fingerprint density at radius 3 is 2.40 bits per heavy atom. The summed E-state index contributed by atoms with van der Waals surface area (Å²) in [6.45, 7) is 7.27. The van der Waals surface area contributed by atoms with Crippen molar-refractivity contribution in [1.82, 2.24) is 0 Å². The van der Waals surface area contributed by atoms with Gasteiger partial charge in [0.2, 0.25) is 0 Å². The van der Waals surface area contributed by atoms with Crippen LogP contribution in [0.5, 0.6) is 0 Å². The third kappa shape index (κ3) is 1.35. The molecule has 0 aromatic heterocycles. The average Bonchev–Trinajstić information content (AvgIpc) is 2.05. The number of rotatable bonds is 2. The monoisotopic (exact) mass is 129 g/mol. The van der Waals surface area contributed by atoms with Crippen LogP contribution in [-0.4, -0.2) is 0 Å². The average molecular weight is 129 g/mol. The van der Waals surface area contributed by atoms with E-state index in [4.69, 9.17) is 0 Å². The summed E-state index contributed by atoms with van der Waals surface area (Å²) in [6, 6.07) is 8.89. The van der Waals surface area contributed by atoms with Crippen LogP contribution in [0, 0.1) is 6.07 Å². The molecule has 0 aliphatic rings. The second kappa shape index (κ2) is 3.02. The molecule has 1 rings (SSSR count). The minimum Gasteiger partial charge on any atom is -0.0985 e. The first-order valence-corrected chi connectivity index (χ1v) is 3.13. The maximum Gasteiger partial charge on any atom is -0.00995 e. The standard InChI is InChI=1S/C10H9/c1-3-9-5-7-10(4-2)8-6-9/h3-7H,1-2H2. The molecule has 0 heterocycles. The number of hydrogen-bond acceptors (Lipinski definition) is 0. The van der Waals surface area contributed by atoms with Gasteiger partial charge in [-0.3, -0.25) is 0 Å². The second-order valence-electron chi connectivity index (χ2n) is 1.99. The van der Waals surface area contributed by atoms with E-state index < -0.39 is 0 Å². The third-order valence-electron chi connectivity index (χ3n) is 1.32. The van der Waals surface area contributed by atoms with Crippen LogP contribution in [0.15, 0.2) is 31.4 Å². The molecule has 0 bridgehead atoms. The Labute approximate surface area is 61.5 Å². The fourth-order valence-electron chi connectivity index (χ4n) is 0.703. The van der Waals surface area contributed by atoms with Crippen molar-refractivity contribution in [2.45, 2.75) is 0 Å². The number of benzene rings is 1. The van der Waals surface area contributed by atoms with E-state index in [0.717, 1.165) is 11.1 Å². The maximum absolute atomic E-state index is 3.64. The van der Waals surface area contributed by atoms with Gasteiger partial charge in [-0.2, -0.15) is 0 Å². The van der Waals surface area contributed by atoms with Gasteiger partial charge in [-0.15, -0.1) is 0 Å². The van der Waals surface area contributed by atoms with E-state index >= 15 is 0 Å². The van der Waals surface area contributed by atoms with Crippen LogP contribution in [0.25, 0.3) is 12.2 Å². The minimum atomic E-state index is 1.02. The molecule has 0 aliphatic heterocycles. The number of hydrogen-bond donors (Lipinski definition) is 0. The van der Waals surface area contributed by atoms with Gasteiger partial charge in [-0.25, -0.2) is 0 Å². The van der Waals surface area contributed by atoms with Gasteiger partial charge in [0, 0.05) is 0 Å². The van der Waals surface area contributed by atoms with Crippen molar-refractivity contribution >= 4 is 12.2 Å². The largest absolute Gasteiger partial charge is 0.0985 e. The van der Waals surface area contributed by atoms with Crippen LogP contribution < -0.4 is 0 Å². The smallest absolute Gasteiger partial charge is 0.00995 e. The zero-order valence-corrected chi connectivity index (χ0v) is 5.80. The molecule has 0 atom stereocenters. The normalized spacial score (nSPS) is 8.80. The predicted molar refractivity (Wildman–Crippen MR) is 45.5 cm³/mol. The highest BCUT2D eigenvalue weighted by molar-refractivity contribution is 5.52. The van der Waals surface area contributed by atoms with Gasteiger partial charge in [0.1, 0.15) is 0 Å². The van der Waals surface area contributed by atoms with Crippen LogP contribution in [0.2, 0.25) is 0 Å². The topological polar surface area (TPSA) is 0 Å². The quantitative estimate of drug-likeness (QED) is 0.576. The molecule has 1 aromatic rings. The fourth-order valence-corrected chi connectivity index (χ4v) is 0.703. The van der Waals surface area contributed by atoms with E-state index in [-0.39, 0.29) is 0 Å². The van der Waals surface area contributed by atoms with Gasteiger partial charge in [-0.05, 0) is 23.3 Å². The predicted octanol–water partition coefficient (Wildman–Crippen LogP) is 2.77. The lowest BCUT2D eigenvalue weighted by atomic mass is 10.1. The van der Waals surface area contributed by atoms with Crippen molar-refractivity contribution < 1.29 is 0 Å². The molecule has 0 N–H and O–H groups in total. The first-order chi connectivity index (χ1) is 4.86. The van der Waals surface area contributed by atoms with E-state index in [1.165, 1.54) is 0 Å². The van der Waals surface area contributed by atoms with E-state index in [2.05, 4.69) is 19.2 Å².